The molecule has 2 saturated heterocycles. The first kappa shape index (κ1) is 9.47. The van der Waals surface area contributed by atoms with E-state index in [9.17, 15) is 0 Å². The van der Waals surface area contributed by atoms with Gasteiger partial charge in [-0.25, -0.2) is 0 Å². The molecule has 0 amide bonds. The highest BCUT2D eigenvalue weighted by molar-refractivity contribution is 4.93. The first-order valence-electron chi connectivity index (χ1n) is 5.81. The Morgan fingerprint density at radius 3 is 2.54 bits per heavy atom. The van der Waals surface area contributed by atoms with Gasteiger partial charge in [-0.05, 0) is 44.9 Å². The second-order valence-electron chi connectivity index (χ2n) is 4.43. The van der Waals surface area contributed by atoms with Crippen LogP contribution in [0.15, 0.2) is 0 Å². The van der Waals surface area contributed by atoms with Gasteiger partial charge in [-0.1, -0.05) is 13.8 Å². The van der Waals surface area contributed by atoms with Gasteiger partial charge < -0.3 is 4.90 Å². The minimum absolute atomic E-state index is 0.932. The van der Waals surface area contributed by atoms with Gasteiger partial charge >= 0.3 is 0 Å². The Labute approximate surface area is 81.9 Å². The Kier molecular flexibility index (Phi) is 2.89. The summed E-state index contributed by atoms with van der Waals surface area (Å²) in [7, 11) is 0. The van der Waals surface area contributed by atoms with E-state index in [1.54, 1.807) is 0 Å². The molecule has 2 rings (SSSR count). The molecule has 76 valence electrons. The largest absolute Gasteiger partial charge is 0.304 e. The maximum Gasteiger partial charge on any atom is 0.0148 e. The molecule has 2 aliphatic rings. The highest BCUT2D eigenvalue weighted by atomic mass is 15.2. The topological polar surface area (TPSA) is 6.48 Å². The Bertz CT molecular complexity index is 167. The molecule has 13 heavy (non-hydrogen) atoms. The molecule has 0 bridgehead atoms. The van der Waals surface area contributed by atoms with E-state index in [2.05, 4.69) is 23.6 Å². The molecule has 2 nitrogen and oxygen atoms in total. The van der Waals surface area contributed by atoms with Gasteiger partial charge in [0.2, 0.25) is 0 Å². The van der Waals surface area contributed by atoms with E-state index in [4.69, 9.17) is 0 Å². The summed E-state index contributed by atoms with van der Waals surface area (Å²) in [4.78, 5) is 5.25. The van der Waals surface area contributed by atoms with Crippen LogP contribution in [0.5, 0.6) is 0 Å². The normalized spacial score (nSPS) is 36.5. The smallest absolute Gasteiger partial charge is 0.0148 e. The molecule has 2 heteroatoms. The number of hydrogen-bond acceptors (Lipinski definition) is 2. The quantitative estimate of drug-likeness (QED) is 0.637. The summed E-state index contributed by atoms with van der Waals surface area (Å²) >= 11 is 0. The molecule has 0 aromatic heterocycles. The standard InChI is InChI=1S/C11H22N2/c1-3-12-7-5-10-9-13(4-2)11(10)6-8-12/h10-11H,3-9H2,1-2H3. The van der Waals surface area contributed by atoms with Crippen molar-refractivity contribution in [2.45, 2.75) is 32.7 Å². The van der Waals surface area contributed by atoms with Crippen molar-refractivity contribution >= 4 is 0 Å². The zero-order valence-electron chi connectivity index (χ0n) is 9.00. The number of likely N-dealkylation sites (tertiary alicyclic amines) is 2. The first-order valence-corrected chi connectivity index (χ1v) is 5.81. The molecule has 2 heterocycles. The minimum Gasteiger partial charge on any atom is -0.304 e. The van der Waals surface area contributed by atoms with Crippen LogP contribution in [0, 0.1) is 5.92 Å². The van der Waals surface area contributed by atoms with Gasteiger partial charge in [0, 0.05) is 12.6 Å². The first-order chi connectivity index (χ1) is 6.35. The summed E-state index contributed by atoms with van der Waals surface area (Å²) in [6.45, 7) is 11.1. The second-order valence-corrected chi connectivity index (χ2v) is 4.43. The number of fused-ring (bicyclic) bond motifs is 1. The average Bonchev–Trinajstić information content (AvgIpc) is 2.27. The number of rotatable bonds is 2. The van der Waals surface area contributed by atoms with Gasteiger partial charge in [-0.15, -0.1) is 0 Å². The third kappa shape index (κ3) is 1.75. The highest BCUT2D eigenvalue weighted by Crippen LogP contribution is 2.32. The van der Waals surface area contributed by atoms with Crippen molar-refractivity contribution in [1.29, 1.82) is 0 Å². The van der Waals surface area contributed by atoms with Gasteiger partial charge in [0.25, 0.3) is 0 Å². The fraction of sp³-hybridized carbons (Fsp3) is 1.00. The lowest BCUT2D eigenvalue weighted by Gasteiger charge is -2.47. The van der Waals surface area contributed by atoms with E-state index >= 15 is 0 Å². The molecule has 0 spiro atoms. The van der Waals surface area contributed by atoms with E-state index in [0.29, 0.717) is 0 Å². The van der Waals surface area contributed by atoms with Gasteiger partial charge in [0.15, 0.2) is 0 Å². The van der Waals surface area contributed by atoms with Crippen molar-refractivity contribution in [3.8, 4) is 0 Å². The number of hydrogen-bond donors (Lipinski definition) is 0. The Morgan fingerprint density at radius 1 is 1.08 bits per heavy atom. The third-order valence-corrected chi connectivity index (χ3v) is 3.89. The Morgan fingerprint density at radius 2 is 1.85 bits per heavy atom. The van der Waals surface area contributed by atoms with E-state index in [0.717, 1.165) is 12.0 Å². The van der Waals surface area contributed by atoms with Crippen LogP contribution in [0.1, 0.15) is 26.7 Å². The van der Waals surface area contributed by atoms with E-state index in [1.165, 1.54) is 45.6 Å². The summed E-state index contributed by atoms with van der Waals surface area (Å²) in [5, 5.41) is 0. The molecule has 0 radical (unpaired) electrons. The summed E-state index contributed by atoms with van der Waals surface area (Å²) in [5.74, 6) is 1.02. The zero-order valence-corrected chi connectivity index (χ0v) is 9.00. The molecular weight excluding hydrogens is 160 g/mol. The average molecular weight is 182 g/mol. The van der Waals surface area contributed by atoms with Crippen LogP contribution in [0.2, 0.25) is 0 Å². The van der Waals surface area contributed by atoms with E-state index in [1.807, 2.05) is 0 Å². The van der Waals surface area contributed by atoms with Crippen molar-refractivity contribution in [1.82, 2.24) is 9.80 Å². The van der Waals surface area contributed by atoms with Crippen LogP contribution in [0.3, 0.4) is 0 Å². The molecule has 0 aliphatic carbocycles. The Hall–Kier alpha value is -0.0800. The maximum absolute atomic E-state index is 2.64. The maximum atomic E-state index is 2.64. The lowest BCUT2D eigenvalue weighted by molar-refractivity contribution is 0.0186. The lowest BCUT2D eigenvalue weighted by atomic mass is 9.85. The lowest BCUT2D eigenvalue weighted by Crippen LogP contribution is -2.55. The van der Waals surface area contributed by atoms with E-state index < -0.39 is 0 Å². The van der Waals surface area contributed by atoms with Crippen LogP contribution in [-0.2, 0) is 0 Å². The molecule has 0 aromatic rings. The van der Waals surface area contributed by atoms with Gasteiger partial charge in [0.1, 0.15) is 0 Å². The van der Waals surface area contributed by atoms with Crippen molar-refractivity contribution in [3.05, 3.63) is 0 Å². The van der Waals surface area contributed by atoms with Crippen LogP contribution in [0.4, 0.5) is 0 Å². The van der Waals surface area contributed by atoms with Crippen LogP contribution in [0.25, 0.3) is 0 Å². The molecule has 2 fully saturated rings. The van der Waals surface area contributed by atoms with Crippen molar-refractivity contribution in [2.24, 2.45) is 5.92 Å². The molecule has 2 unspecified atom stereocenters. The molecule has 0 aromatic carbocycles. The summed E-state index contributed by atoms with van der Waals surface area (Å²) in [5.41, 5.74) is 0. The fourth-order valence-corrected chi connectivity index (χ4v) is 2.88. The zero-order chi connectivity index (χ0) is 9.26. The number of nitrogens with zero attached hydrogens (tertiary/aromatic N) is 2. The molecular formula is C11H22N2. The summed E-state index contributed by atoms with van der Waals surface area (Å²) < 4.78 is 0. The second kappa shape index (κ2) is 3.97. The SMILES string of the molecule is CCN1CCC2CN(CC)C2CC1. The fourth-order valence-electron chi connectivity index (χ4n) is 2.88. The van der Waals surface area contributed by atoms with Gasteiger partial charge in [-0.2, -0.15) is 0 Å². The highest BCUT2D eigenvalue weighted by Gasteiger charge is 2.38. The monoisotopic (exact) mass is 182 g/mol. The minimum atomic E-state index is 0.932. The van der Waals surface area contributed by atoms with Crippen molar-refractivity contribution < 1.29 is 0 Å². The predicted octanol–water partition coefficient (Wildman–Crippen LogP) is 1.42. The Balaban J connectivity index is 1.87. The van der Waals surface area contributed by atoms with Gasteiger partial charge in [-0.3, -0.25) is 4.90 Å². The predicted molar refractivity (Wildman–Crippen MR) is 55.9 cm³/mol. The summed E-state index contributed by atoms with van der Waals surface area (Å²) in [6.07, 6.45) is 2.85. The van der Waals surface area contributed by atoms with Crippen molar-refractivity contribution in [2.75, 3.05) is 32.7 Å². The van der Waals surface area contributed by atoms with Gasteiger partial charge in [0.05, 0.1) is 0 Å². The summed E-state index contributed by atoms with van der Waals surface area (Å²) in [6, 6.07) is 0.932. The van der Waals surface area contributed by atoms with Crippen LogP contribution in [-0.4, -0.2) is 48.6 Å². The van der Waals surface area contributed by atoms with Crippen molar-refractivity contribution in [3.63, 3.8) is 0 Å². The van der Waals surface area contributed by atoms with Crippen LogP contribution < -0.4 is 0 Å². The molecule has 0 saturated carbocycles. The third-order valence-electron chi connectivity index (χ3n) is 3.89. The molecule has 2 aliphatic heterocycles. The van der Waals surface area contributed by atoms with E-state index in [-0.39, 0.29) is 0 Å². The van der Waals surface area contributed by atoms with Crippen LogP contribution >= 0.6 is 0 Å². The molecule has 2 atom stereocenters. The molecule has 0 N–H and O–H groups in total.